The molecule has 0 saturated heterocycles. The number of allylic oxidation sites excluding steroid dienone is 3. The quantitative estimate of drug-likeness (QED) is 0.209. The summed E-state index contributed by atoms with van der Waals surface area (Å²) in [5.41, 5.74) is 14.9. The summed E-state index contributed by atoms with van der Waals surface area (Å²) in [7, 11) is 0. The van der Waals surface area contributed by atoms with Crippen LogP contribution in [0.2, 0.25) is 0 Å². The van der Waals surface area contributed by atoms with Crippen LogP contribution in [0.4, 0.5) is 11.4 Å². The number of fused-ring (bicyclic) bond motifs is 6. The summed E-state index contributed by atoms with van der Waals surface area (Å²) in [5, 5.41) is 0. The molecule has 0 bridgehead atoms. The average molecular weight is 584 g/mol. The number of anilines is 2. The summed E-state index contributed by atoms with van der Waals surface area (Å²) in [6.07, 6.45) is 6.87. The lowest BCUT2D eigenvalue weighted by Gasteiger charge is -2.34. The zero-order chi connectivity index (χ0) is 30.7. The Morgan fingerprint density at radius 1 is 0.644 bits per heavy atom. The van der Waals surface area contributed by atoms with Gasteiger partial charge in [0, 0.05) is 28.3 Å². The molecule has 2 aliphatic carbocycles. The largest absolute Gasteiger partial charge is 0.490 e. The van der Waals surface area contributed by atoms with Crippen molar-refractivity contribution in [3.05, 3.63) is 173 Å². The Bertz CT molecular complexity index is 2040. The molecule has 2 nitrogen and oxygen atoms in total. The molecule has 1 aliphatic heterocycles. The van der Waals surface area contributed by atoms with Crippen molar-refractivity contribution in [1.82, 2.24) is 0 Å². The van der Waals surface area contributed by atoms with Gasteiger partial charge < -0.3 is 9.64 Å². The highest BCUT2D eigenvalue weighted by Crippen LogP contribution is 2.51. The van der Waals surface area contributed by atoms with Gasteiger partial charge in [0.2, 0.25) is 0 Å². The SMILES string of the molecule is CC1=C(C)c2ccccc2C2C=C(N(c3ccc4c(c3)C(C)(C)c3ccccc3-4)c3ccccc3-c3ccccc3)C=CC2O1. The molecule has 0 saturated carbocycles. The number of hydrogen-bond acceptors (Lipinski definition) is 2. The molecule has 3 aliphatic rings. The zero-order valence-electron chi connectivity index (χ0n) is 26.3. The van der Waals surface area contributed by atoms with Gasteiger partial charge in [-0.1, -0.05) is 117 Å². The minimum absolute atomic E-state index is 0.0629. The van der Waals surface area contributed by atoms with Gasteiger partial charge in [0.25, 0.3) is 0 Å². The molecule has 5 aromatic rings. The first-order valence-corrected chi connectivity index (χ1v) is 15.9. The zero-order valence-corrected chi connectivity index (χ0v) is 26.3. The lowest BCUT2D eigenvalue weighted by molar-refractivity contribution is 0.146. The monoisotopic (exact) mass is 583 g/mol. The Labute approximate surface area is 266 Å². The molecule has 1 heterocycles. The smallest absolute Gasteiger partial charge is 0.127 e. The van der Waals surface area contributed by atoms with Crippen molar-refractivity contribution in [3.8, 4) is 22.3 Å². The molecule has 2 unspecified atom stereocenters. The number of nitrogens with zero attached hydrogens (tertiary/aromatic N) is 1. The summed E-state index contributed by atoms with van der Waals surface area (Å²) in [6.45, 7) is 8.97. The van der Waals surface area contributed by atoms with Gasteiger partial charge in [-0.25, -0.2) is 0 Å². The minimum Gasteiger partial charge on any atom is -0.490 e. The first kappa shape index (κ1) is 27.5. The Morgan fingerprint density at radius 3 is 2.13 bits per heavy atom. The van der Waals surface area contributed by atoms with E-state index in [4.69, 9.17) is 4.74 Å². The van der Waals surface area contributed by atoms with E-state index in [-0.39, 0.29) is 17.4 Å². The van der Waals surface area contributed by atoms with Crippen molar-refractivity contribution in [3.63, 3.8) is 0 Å². The van der Waals surface area contributed by atoms with E-state index >= 15 is 0 Å². The number of rotatable bonds is 4. The van der Waals surface area contributed by atoms with Crippen molar-refractivity contribution in [1.29, 1.82) is 0 Å². The molecule has 0 aromatic heterocycles. The van der Waals surface area contributed by atoms with Crippen LogP contribution in [0.5, 0.6) is 0 Å². The number of hydrogen-bond donors (Lipinski definition) is 0. The molecule has 0 fully saturated rings. The Kier molecular flexibility index (Phi) is 6.42. The van der Waals surface area contributed by atoms with E-state index in [1.165, 1.54) is 50.1 Å². The molecular weight excluding hydrogens is 546 g/mol. The third-order valence-corrected chi connectivity index (χ3v) is 10.0. The van der Waals surface area contributed by atoms with Crippen molar-refractivity contribution >= 4 is 16.9 Å². The molecule has 5 aromatic carbocycles. The summed E-state index contributed by atoms with van der Waals surface area (Å²) in [4.78, 5) is 2.45. The highest BCUT2D eigenvalue weighted by Gasteiger charge is 2.37. The maximum absolute atomic E-state index is 6.60. The maximum Gasteiger partial charge on any atom is 0.127 e. The summed E-state index contributed by atoms with van der Waals surface area (Å²) >= 11 is 0. The van der Waals surface area contributed by atoms with E-state index in [0.29, 0.717) is 0 Å². The van der Waals surface area contributed by atoms with Crippen molar-refractivity contribution in [2.45, 2.75) is 45.1 Å². The average Bonchev–Trinajstić information content (AvgIpc) is 3.25. The van der Waals surface area contributed by atoms with Crippen LogP contribution in [0.25, 0.3) is 27.8 Å². The highest BCUT2D eigenvalue weighted by molar-refractivity contribution is 5.88. The van der Waals surface area contributed by atoms with Crippen LogP contribution < -0.4 is 4.90 Å². The third kappa shape index (κ3) is 4.39. The van der Waals surface area contributed by atoms with E-state index in [2.05, 4.69) is 172 Å². The first-order valence-electron chi connectivity index (χ1n) is 15.9. The van der Waals surface area contributed by atoms with Gasteiger partial charge >= 0.3 is 0 Å². The molecule has 0 N–H and O–H groups in total. The van der Waals surface area contributed by atoms with Gasteiger partial charge in [0.05, 0.1) is 11.4 Å². The van der Waals surface area contributed by atoms with Crippen LogP contribution in [0.15, 0.2) is 151 Å². The van der Waals surface area contributed by atoms with Gasteiger partial charge in [-0.15, -0.1) is 0 Å². The lowest BCUT2D eigenvalue weighted by Crippen LogP contribution is -2.25. The standard InChI is InChI=1S/C43H37NO/c1-28-29(2)45-42-25-23-31(26-38(42)35-18-9-8-16-33(28)35)44(41-21-13-11-17-34(41)30-14-6-5-7-15-30)32-22-24-37-36-19-10-12-20-39(36)43(3,4)40(37)27-32/h5-27,38,42H,1-4H3. The molecule has 0 spiro atoms. The maximum atomic E-state index is 6.60. The predicted octanol–water partition coefficient (Wildman–Crippen LogP) is 11.2. The second-order valence-corrected chi connectivity index (χ2v) is 12.9. The van der Waals surface area contributed by atoms with Crippen LogP contribution >= 0.6 is 0 Å². The molecule has 45 heavy (non-hydrogen) atoms. The molecule has 0 amide bonds. The van der Waals surface area contributed by atoms with Gasteiger partial charge in [-0.3, -0.25) is 0 Å². The highest BCUT2D eigenvalue weighted by atomic mass is 16.5. The van der Waals surface area contributed by atoms with Crippen molar-refractivity contribution < 1.29 is 4.74 Å². The number of ether oxygens (including phenoxy) is 1. The topological polar surface area (TPSA) is 12.5 Å². The van der Waals surface area contributed by atoms with E-state index in [9.17, 15) is 0 Å². The summed E-state index contributed by atoms with van der Waals surface area (Å²) in [6, 6.07) is 44.2. The first-order chi connectivity index (χ1) is 21.9. The van der Waals surface area contributed by atoms with Crippen LogP contribution in [0.1, 0.15) is 55.9 Å². The summed E-state index contributed by atoms with van der Waals surface area (Å²) in [5.74, 6) is 1.07. The second-order valence-electron chi connectivity index (χ2n) is 12.9. The van der Waals surface area contributed by atoms with Gasteiger partial charge in [0.15, 0.2) is 0 Å². The van der Waals surface area contributed by atoms with Crippen LogP contribution in [-0.2, 0) is 10.2 Å². The number of benzene rings is 5. The normalized spacial score (nSPS) is 19.0. The number of para-hydroxylation sites is 1. The minimum atomic E-state index is -0.0940. The van der Waals surface area contributed by atoms with E-state index in [0.717, 1.165) is 22.8 Å². The lowest BCUT2D eigenvalue weighted by atomic mass is 9.82. The molecule has 2 atom stereocenters. The molecule has 220 valence electrons. The van der Waals surface area contributed by atoms with E-state index in [1.54, 1.807) is 0 Å². The molecule has 0 radical (unpaired) electrons. The van der Waals surface area contributed by atoms with Crippen molar-refractivity contribution in [2.24, 2.45) is 0 Å². The van der Waals surface area contributed by atoms with Crippen LogP contribution in [0, 0.1) is 0 Å². The van der Waals surface area contributed by atoms with Gasteiger partial charge in [0.1, 0.15) is 6.10 Å². The van der Waals surface area contributed by atoms with E-state index < -0.39 is 0 Å². The van der Waals surface area contributed by atoms with Crippen LogP contribution in [-0.4, -0.2) is 6.10 Å². The summed E-state index contributed by atoms with van der Waals surface area (Å²) < 4.78 is 6.60. The predicted molar refractivity (Wildman–Crippen MR) is 188 cm³/mol. The van der Waals surface area contributed by atoms with Crippen LogP contribution in [0.3, 0.4) is 0 Å². The fourth-order valence-corrected chi connectivity index (χ4v) is 7.58. The van der Waals surface area contributed by atoms with E-state index in [1.807, 2.05) is 0 Å². The fourth-order valence-electron chi connectivity index (χ4n) is 7.58. The molecular formula is C43H37NO. The second kappa shape index (κ2) is 10.5. The molecule has 8 rings (SSSR count). The third-order valence-electron chi connectivity index (χ3n) is 10.0. The fraction of sp³-hybridized carbons (Fsp3) is 0.163. The molecule has 2 heteroatoms. The van der Waals surface area contributed by atoms with Gasteiger partial charge in [-0.05, 0) is 94.8 Å². The van der Waals surface area contributed by atoms with Crippen molar-refractivity contribution in [2.75, 3.05) is 4.90 Å². The Hall–Kier alpha value is -5.08. The Morgan fingerprint density at radius 2 is 1.31 bits per heavy atom. The Balaban J connectivity index is 1.34. The van der Waals surface area contributed by atoms with Gasteiger partial charge in [-0.2, -0.15) is 0 Å².